The molecule has 2 heteroatoms. The van der Waals surface area contributed by atoms with Crippen LogP contribution in [0.25, 0.3) is 22.1 Å². The lowest BCUT2D eigenvalue weighted by Crippen LogP contribution is -2.25. The number of hydrogen-bond acceptors (Lipinski definition) is 2. The van der Waals surface area contributed by atoms with E-state index in [1.807, 2.05) is 18.2 Å². The number of fused-ring (bicyclic) bond motifs is 1. The minimum atomic E-state index is -0.117. The molecule has 0 spiro atoms. The van der Waals surface area contributed by atoms with Crippen LogP contribution < -0.4 is 5.73 Å². The molecule has 2 aromatic carbocycles. The SMILES string of the molecule is CC(C)(C)C(N)c1cc2cccc(-c3ccccc3)c2o1. The van der Waals surface area contributed by atoms with E-state index in [0.717, 1.165) is 27.9 Å². The normalized spacial score (nSPS) is 13.5. The molecule has 0 aliphatic carbocycles. The van der Waals surface area contributed by atoms with Crippen molar-refractivity contribution in [2.24, 2.45) is 11.1 Å². The fourth-order valence-electron chi connectivity index (χ4n) is 2.51. The van der Waals surface area contributed by atoms with Crippen molar-refractivity contribution in [3.05, 3.63) is 60.4 Å². The Morgan fingerprint density at radius 2 is 1.67 bits per heavy atom. The maximum Gasteiger partial charge on any atom is 0.142 e. The molecule has 2 nitrogen and oxygen atoms in total. The molecular formula is C19H21NO. The van der Waals surface area contributed by atoms with E-state index in [-0.39, 0.29) is 11.5 Å². The van der Waals surface area contributed by atoms with Crippen molar-refractivity contribution in [1.82, 2.24) is 0 Å². The molecule has 1 aromatic heterocycles. The summed E-state index contributed by atoms with van der Waals surface area (Å²) in [5.41, 5.74) is 9.49. The minimum Gasteiger partial charge on any atom is -0.459 e. The van der Waals surface area contributed by atoms with Crippen molar-refractivity contribution in [3.63, 3.8) is 0 Å². The van der Waals surface area contributed by atoms with E-state index in [1.54, 1.807) is 0 Å². The van der Waals surface area contributed by atoms with Crippen molar-refractivity contribution in [3.8, 4) is 11.1 Å². The zero-order valence-corrected chi connectivity index (χ0v) is 12.8. The molecule has 0 bridgehead atoms. The van der Waals surface area contributed by atoms with E-state index < -0.39 is 0 Å². The third-order valence-electron chi connectivity index (χ3n) is 3.89. The van der Waals surface area contributed by atoms with Gasteiger partial charge < -0.3 is 10.2 Å². The third-order valence-corrected chi connectivity index (χ3v) is 3.89. The molecule has 0 radical (unpaired) electrons. The van der Waals surface area contributed by atoms with E-state index in [9.17, 15) is 0 Å². The quantitative estimate of drug-likeness (QED) is 0.705. The molecule has 1 heterocycles. The highest BCUT2D eigenvalue weighted by atomic mass is 16.3. The van der Waals surface area contributed by atoms with Crippen LogP contribution in [0.1, 0.15) is 32.6 Å². The summed E-state index contributed by atoms with van der Waals surface area (Å²) in [5.74, 6) is 0.848. The Morgan fingerprint density at radius 1 is 0.952 bits per heavy atom. The Kier molecular flexibility index (Phi) is 3.34. The second-order valence-corrected chi connectivity index (χ2v) is 6.58. The number of hydrogen-bond donors (Lipinski definition) is 1. The molecule has 1 unspecified atom stereocenters. The average Bonchev–Trinajstić information content (AvgIpc) is 2.90. The van der Waals surface area contributed by atoms with Crippen LogP contribution in [0.5, 0.6) is 0 Å². The second-order valence-electron chi connectivity index (χ2n) is 6.58. The molecule has 0 saturated carbocycles. The van der Waals surface area contributed by atoms with Gasteiger partial charge in [0.2, 0.25) is 0 Å². The highest BCUT2D eigenvalue weighted by Gasteiger charge is 2.25. The van der Waals surface area contributed by atoms with Crippen molar-refractivity contribution >= 4 is 11.0 Å². The van der Waals surface area contributed by atoms with Crippen LogP contribution in [-0.4, -0.2) is 0 Å². The number of rotatable bonds is 2. The molecule has 0 aliphatic rings. The van der Waals surface area contributed by atoms with E-state index >= 15 is 0 Å². The van der Waals surface area contributed by atoms with Crippen LogP contribution in [-0.2, 0) is 0 Å². The van der Waals surface area contributed by atoms with Crippen molar-refractivity contribution in [2.45, 2.75) is 26.8 Å². The Balaban J connectivity index is 2.15. The molecular weight excluding hydrogens is 258 g/mol. The highest BCUT2D eigenvalue weighted by Crippen LogP contribution is 2.36. The first-order chi connectivity index (χ1) is 9.97. The van der Waals surface area contributed by atoms with Gasteiger partial charge in [0, 0.05) is 10.9 Å². The van der Waals surface area contributed by atoms with Gasteiger partial charge in [0.15, 0.2) is 0 Å². The van der Waals surface area contributed by atoms with Gasteiger partial charge in [-0.1, -0.05) is 69.3 Å². The molecule has 3 aromatic rings. The summed E-state index contributed by atoms with van der Waals surface area (Å²) in [6, 6.07) is 18.5. The maximum atomic E-state index is 6.33. The predicted molar refractivity (Wildman–Crippen MR) is 88.0 cm³/mol. The van der Waals surface area contributed by atoms with E-state index in [0.29, 0.717) is 0 Å². The first kappa shape index (κ1) is 13.9. The van der Waals surface area contributed by atoms with Crippen LogP contribution in [0.2, 0.25) is 0 Å². The zero-order valence-electron chi connectivity index (χ0n) is 12.8. The van der Waals surface area contributed by atoms with Crippen molar-refractivity contribution in [1.29, 1.82) is 0 Å². The lowest BCUT2D eigenvalue weighted by molar-refractivity contribution is 0.290. The van der Waals surface area contributed by atoms with Gasteiger partial charge in [-0.3, -0.25) is 0 Å². The summed E-state index contributed by atoms with van der Waals surface area (Å²) >= 11 is 0. The van der Waals surface area contributed by atoms with E-state index in [2.05, 4.69) is 57.2 Å². The number of furan rings is 1. The van der Waals surface area contributed by atoms with Gasteiger partial charge in [-0.15, -0.1) is 0 Å². The lowest BCUT2D eigenvalue weighted by atomic mass is 9.86. The first-order valence-corrected chi connectivity index (χ1v) is 7.30. The standard InChI is InChI=1S/C19H21NO/c1-19(2,3)18(20)16-12-14-10-7-11-15(17(14)21-16)13-8-5-4-6-9-13/h4-12,18H,20H2,1-3H3. The molecule has 0 fully saturated rings. The molecule has 0 aliphatic heterocycles. The van der Waals surface area contributed by atoms with Gasteiger partial charge in [-0.05, 0) is 17.0 Å². The number of nitrogens with two attached hydrogens (primary N) is 1. The highest BCUT2D eigenvalue weighted by molar-refractivity contribution is 5.92. The van der Waals surface area contributed by atoms with Crippen molar-refractivity contribution < 1.29 is 4.42 Å². The summed E-state index contributed by atoms with van der Waals surface area (Å²) in [7, 11) is 0. The molecule has 21 heavy (non-hydrogen) atoms. The molecule has 3 rings (SSSR count). The van der Waals surface area contributed by atoms with Crippen LogP contribution in [0.4, 0.5) is 0 Å². The molecule has 0 saturated heterocycles. The molecule has 1 atom stereocenters. The van der Waals surface area contributed by atoms with Crippen LogP contribution in [0, 0.1) is 5.41 Å². The zero-order chi connectivity index (χ0) is 15.0. The maximum absolute atomic E-state index is 6.33. The summed E-state index contributed by atoms with van der Waals surface area (Å²) in [4.78, 5) is 0. The molecule has 2 N–H and O–H groups in total. The van der Waals surface area contributed by atoms with Crippen LogP contribution in [0.15, 0.2) is 59.0 Å². The summed E-state index contributed by atoms with van der Waals surface area (Å²) in [5, 5.41) is 1.10. The molecule has 0 amide bonds. The van der Waals surface area contributed by atoms with Gasteiger partial charge >= 0.3 is 0 Å². The second kappa shape index (κ2) is 5.05. The number of para-hydroxylation sites is 1. The Hall–Kier alpha value is -2.06. The smallest absolute Gasteiger partial charge is 0.142 e. The molecule has 108 valence electrons. The predicted octanol–water partition coefficient (Wildman–Crippen LogP) is 5.15. The van der Waals surface area contributed by atoms with Gasteiger partial charge in [0.25, 0.3) is 0 Å². The van der Waals surface area contributed by atoms with Crippen molar-refractivity contribution in [2.75, 3.05) is 0 Å². The van der Waals surface area contributed by atoms with Crippen LogP contribution in [0.3, 0.4) is 0 Å². The minimum absolute atomic E-state index is 0.0270. The topological polar surface area (TPSA) is 39.2 Å². The average molecular weight is 279 g/mol. The Morgan fingerprint density at radius 3 is 2.33 bits per heavy atom. The van der Waals surface area contributed by atoms with Gasteiger partial charge in [-0.25, -0.2) is 0 Å². The van der Waals surface area contributed by atoms with Gasteiger partial charge in [0.05, 0.1) is 6.04 Å². The monoisotopic (exact) mass is 279 g/mol. The van der Waals surface area contributed by atoms with E-state index in [4.69, 9.17) is 10.2 Å². The van der Waals surface area contributed by atoms with Crippen LogP contribution >= 0.6 is 0 Å². The fraction of sp³-hybridized carbons (Fsp3) is 0.263. The number of benzene rings is 2. The Bertz CT molecular complexity index is 750. The van der Waals surface area contributed by atoms with Gasteiger partial charge in [0.1, 0.15) is 11.3 Å². The lowest BCUT2D eigenvalue weighted by Gasteiger charge is -2.24. The van der Waals surface area contributed by atoms with E-state index in [1.165, 1.54) is 0 Å². The first-order valence-electron chi connectivity index (χ1n) is 7.30. The summed E-state index contributed by atoms with van der Waals surface area (Å²) in [6.45, 7) is 6.38. The Labute approximate surface area is 125 Å². The fourth-order valence-corrected chi connectivity index (χ4v) is 2.51. The van der Waals surface area contributed by atoms with Gasteiger partial charge in [-0.2, -0.15) is 0 Å². The summed E-state index contributed by atoms with van der Waals surface area (Å²) < 4.78 is 6.12. The third kappa shape index (κ3) is 2.59. The summed E-state index contributed by atoms with van der Waals surface area (Å²) in [6.07, 6.45) is 0. The largest absolute Gasteiger partial charge is 0.459 e.